The smallest absolute Gasteiger partial charge is 0.137 e. The Labute approximate surface area is 308 Å². The minimum absolute atomic E-state index is 0.0758. The van der Waals surface area contributed by atoms with Gasteiger partial charge in [-0.25, -0.2) is 0 Å². The van der Waals surface area contributed by atoms with Crippen molar-refractivity contribution in [2.75, 3.05) is 0 Å². The number of hydrogen-bond acceptors (Lipinski definition) is 1. The molecule has 0 fully saturated rings. The van der Waals surface area contributed by atoms with Crippen molar-refractivity contribution in [2.45, 2.75) is 19.3 Å². The first-order chi connectivity index (χ1) is 26.0. The highest BCUT2D eigenvalue weighted by Crippen LogP contribution is 2.51. The van der Waals surface area contributed by atoms with Crippen LogP contribution in [0.3, 0.4) is 0 Å². The molecular formula is C51H35NO. The van der Waals surface area contributed by atoms with Crippen molar-refractivity contribution in [3.05, 3.63) is 187 Å². The van der Waals surface area contributed by atoms with Crippen LogP contribution in [0.5, 0.6) is 0 Å². The van der Waals surface area contributed by atoms with E-state index in [0.29, 0.717) is 0 Å². The second-order valence-corrected chi connectivity index (χ2v) is 15.0. The standard InChI is InChI=1S/C51H35NO/c1-51(2)45-19-10-9-18-39(45)41-30-44-40-23-22-38(29-49(40)53-50(44)31-46(41)51)52-47-24-20-36(33-14-7-4-8-15-33)27-42(47)43-28-37(21-25-48(43)52)35-17-11-16-34(26-35)32-12-5-3-6-13-32/h3-31H,1-2H3. The average Bonchev–Trinajstić information content (AvgIpc) is 3.82. The van der Waals surface area contributed by atoms with Gasteiger partial charge in [-0.1, -0.05) is 129 Å². The molecule has 53 heavy (non-hydrogen) atoms. The number of benzene rings is 8. The van der Waals surface area contributed by atoms with Crippen LogP contribution < -0.4 is 0 Å². The normalized spacial score (nSPS) is 13.2. The topological polar surface area (TPSA) is 18.1 Å². The van der Waals surface area contributed by atoms with Crippen molar-refractivity contribution >= 4 is 43.7 Å². The summed E-state index contributed by atoms with van der Waals surface area (Å²) in [5.74, 6) is 0. The maximum Gasteiger partial charge on any atom is 0.137 e. The maximum absolute atomic E-state index is 6.72. The van der Waals surface area contributed by atoms with Crippen LogP contribution in [0.2, 0.25) is 0 Å². The third-order valence-corrected chi connectivity index (χ3v) is 11.6. The van der Waals surface area contributed by atoms with Crippen LogP contribution in [-0.2, 0) is 5.41 Å². The molecule has 0 amide bonds. The molecule has 2 nitrogen and oxygen atoms in total. The second-order valence-electron chi connectivity index (χ2n) is 15.0. The van der Waals surface area contributed by atoms with Gasteiger partial charge in [0.15, 0.2) is 0 Å². The van der Waals surface area contributed by atoms with Gasteiger partial charge in [0, 0.05) is 38.7 Å². The molecule has 8 aromatic carbocycles. The van der Waals surface area contributed by atoms with Crippen molar-refractivity contribution in [3.63, 3.8) is 0 Å². The van der Waals surface area contributed by atoms with Crippen molar-refractivity contribution < 1.29 is 4.42 Å². The van der Waals surface area contributed by atoms with E-state index < -0.39 is 0 Å². The molecule has 0 saturated heterocycles. The average molecular weight is 678 g/mol. The lowest BCUT2D eigenvalue weighted by atomic mass is 9.82. The summed E-state index contributed by atoms with van der Waals surface area (Å²) in [5, 5.41) is 4.75. The Morgan fingerprint density at radius 3 is 1.64 bits per heavy atom. The number of aromatic nitrogens is 1. The summed E-state index contributed by atoms with van der Waals surface area (Å²) in [5.41, 5.74) is 17.8. The van der Waals surface area contributed by atoms with Crippen molar-refractivity contribution in [1.29, 1.82) is 0 Å². The molecule has 0 spiro atoms. The lowest BCUT2D eigenvalue weighted by Gasteiger charge is -2.21. The molecule has 10 aromatic rings. The number of nitrogens with zero attached hydrogens (tertiary/aromatic N) is 1. The molecule has 0 bridgehead atoms. The minimum Gasteiger partial charge on any atom is -0.456 e. The molecule has 1 aliphatic rings. The Bertz CT molecular complexity index is 3070. The maximum atomic E-state index is 6.72. The third kappa shape index (κ3) is 4.52. The molecular weight excluding hydrogens is 643 g/mol. The molecule has 2 heterocycles. The molecule has 0 saturated carbocycles. The Morgan fingerprint density at radius 2 is 0.943 bits per heavy atom. The highest BCUT2D eigenvalue weighted by Gasteiger charge is 2.36. The van der Waals surface area contributed by atoms with E-state index in [0.717, 1.165) is 27.6 Å². The van der Waals surface area contributed by atoms with E-state index in [9.17, 15) is 0 Å². The van der Waals surface area contributed by atoms with Crippen LogP contribution in [0.4, 0.5) is 0 Å². The summed E-state index contributed by atoms with van der Waals surface area (Å²) in [7, 11) is 0. The lowest BCUT2D eigenvalue weighted by Crippen LogP contribution is -2.14. The van der Waals surface area contributed by atoms with Gasteiger partial charge in [-0.15, -0.1) is 0 Å². The van der Waals surface area contributed by atoms with Crippen LogP contribution in [0.1, 0.15) is 25.0 Å². The van der Waals surface area contributed by atoms with Crippen LogP contribution in [0.15, 0.2) is 180 Å². The van der Waals surface area contributed by atoms with Crippen LogP contribution in [0, 0.1) is 0 Å². The van der Waals surface area contributed by atoms with E-state index in [4.69, 9.17) is 4.42 Å². The molecule has 2 aromatic heterocycles. The van der Waals surface area contributed by atoms with Crippen LogP contribution >= 0.6 is 0 Å². The van der Waals surface area contributed by atoms with E-state index >= 15 is 0 Å². The summed E-state index contributed by atoms with van der Waals surface area (Å²) in [6.07, 6.45) is 0. The van der Waals surface area contributed by atoms with Gasteiger partial charge in [-0.3, -0.25) is 0 Å². The summed E-state index contributed by atoms with van der Waals surface area (Å²) in [6, 6.07) is 64.1. The highest BCUT2D eigenvalue weighted by atomic mass is 16.3. The summed E-state index contributed by atoms with van der Waals surface area (Å²) in [4.78, 5) is 0. The minimum atomic E-state index is -0.0758. The summed E-state index contributed by atoms with van der Waals surface area (Å²) >= 11 is 0. The van der Waals surface area contributed by atoms with Gasteiger partial charge in [0.05, 0.1) is 11.0 Å². The number of hydrogen-bond donors (Lipinski definition) is 0. The zero-order valence-electron chi connectivity index (χ0n) is 29.6. The fourth-order valence-corrected chi connectivity index (χ4v) is 8.90. The Kier molecular flexibility index (Phi) is 6.33. The fraction of sp³-hybridized carbons (Fsp3) is 0.0588. The molecule has 0 aliphatic heterocycles. The van der Waals surface area contributed by atoms with Crippen LogP contribution in [-0.4, -0.2) is 4.57 Å². The van der Waals surface area contributed by atoms with Gasteiger partial charge in [0.2, 0.25) is 0 Å². The lowest BCUT2D eigenvalue weighted by molar-refractivity contribution is 0.647. The molecule has 0 radical (unpaired) electrons. The van der Waals surface area contributed by atoms with Gasteiger partial charge >= 0.3 is 0 Å². The van der Waals surface area contributed by atoms with Crippen molar-refractivity contribution in [3.8, 4) is 50.2 Å². The molecule has 250 valence electrons. The number of fused-ring (bicyclic) bond motifs is 9. The van der Waals surface area contributed by atoms with E-state index in [2.05, 4.69) is 194 Å². The number of furan rings is 1. The largest absolute Gasteiger partial charge is 0.456 e. The van der Waals surface area contributed by atoms with E-state index in [1.54, 1.807) is 0 Å². The van der Waals surface area contributed by atoms with Gasteiger partial charge in [-0.05, 0) is 110 Å². The quantitative estimate of drug-likeness (QED) is 0.181. The zero-order valence-corrected chi connectivity index (χ0v) is 29.6. The first kappa shape index (κ1) is 30.0. The van der Waals surface area contributed by atoms with Gasteiger partial charge in [0.25, 0.3) is 0 Å². The second kappa shape index (κ2) is 11.2. The monoisotopic (exact) mass is 677 g/mol. The highest BCUT2D eigenvalue weighted by molar-refractivity contribution is 6.13. The van der Waals surface area contributed by atoms with E-state index in [-0.39, 0.29) is 5.41 Å². The van der Waals surface area contributed by atoms with Crippen molar-refractivity contribution in [2.24, 2.45) is 0 Å². The Morgan fingerprint density at radius 1 is 0.377 bits per heavy atom. The Hall–Kier alpha value is -6.64. The third-order valence-electron chi connectivity index (χ3n) is 11.6. The van der Waals surface area contributed by atoms with Gasteiger partial charge in [0.1, 0.15) is 11.2 Å². The molecule has 0 N–H and O–H groups in total. The summed E-state index contributed by atoms with van der Waals surface area (Å²) < 4.78 is 9.12. The molecule has 0 unspecified atom stereocenters. The zero-order chi connectivity index (χ0) is 35.3. The molecule has 11 rings (SSSR count). The number of rotatable bonds is 4. The van der Waals surface area contributed by atoms with E-state index in [1.165, 1.54) is 77.4 Å². The van der Waals surface area contributed by atoms with Crippen molar-refractivity contribution in [1.82, 2.24) is 4.57 Å². The fourth-order valence-electron chi connectivity index (χ4n) is 8.90. The predicted octanol–water partition coefficient (Wildman–Crippen LogP) is 14.0. The first-order valence-electron chi connectivity index (χ1n) is 18.4. The Balaban J connectivity index is 1.10. The summed E-state index contributed by atoms with van der Waals surface area (Å²) in [6.45, 7) is 4.64. The molecule has 2 heteroatoms. The van der Waals surface area contributed by atoms with E-state index in [1.807, 2.05) is 0 Å². The van der Waals surface area contributed by atoms with Gasteiger partial charge in [-0.2, -0.15) is 0 Å². The predicted molar refractivity (Wildman–Crippen MR) is 222 cm³/mol. The van der Waals surface area contributed by atoms with Crippen LogP contribution in [0.25, 0.3) is 93.9 Å². The van der Waals surface area contributed by atoms with Gasteiger partial charge < -0.3 is 8.98 Å². The molecule has 1 aliphatic carbocycles. The first-order valence-corrected chi connectivity index (χ1v) is 18.4. The SMILES string of the molecule is CC1(C)c2ccccc2-c2cc3c(cc21)oc1cc(-n2c4ccc(-c5ccccc5)cc4c4cc(-c5cccc(-c6ccccc6)c5)ccc42)ccc13. The molecule has 0 atom stereocenters.